The quantitative estimate of drug-likeness (QED) is 0.446. The van der Waals surface area contributed by atoms with Crippen LogP contribution in [0, 0.1) is 11.8 Å². The first-order valence-corrected chi connectivity index (χ1v) is 6.81. The molecule has 2 rings (SSSR count). The predicted molar refractivity (Wildman–Crippen MR) is 81.1 cm³/mol. The van der Waals surface area contributed by atoms with Gasteiger partial charge in [0.15, 0.2) is 0 Å². The maximum Gasteiger partial charge on any atom is 0.494 e. The first kappa shape index (κ1) is 15.6. The van der Waals surface area contributed by atoms with Crippen LogP contribution >= 0.6 is 0 Å². The molecule has 1 saturated heterocycles. The number of carbonyl (C=O) groups excluding carboxylic acids is 1. The molecule has 0 atom stereocenters. The summed E-state index contributed by atoms with van der Waals surface area (Å²) in [7, 11) is 0.868. The van der Waals surface area contributed by atoms with Crippen molar-refractivity contribution in [3.8, 4) is 11.8 Å². The molecule has 1 heterocycles. The van der Waals surface area contributed by atoms with Gasteiger partial charge < -0.3 is 14.0 Å². The fraction of sp³-hybridized carbons (Fsp3) is 0.438. The Balaban J connectivity index is 2.23. The standard InChI is InChI=1S/C16H19BO4/c1-15(2)16(3,4)21-17(20-15)13-8-6-7-12(11-13)9-10-14(18)19-5/h6-8,11H,1-5H3. The molecule has 0 aliphatic carbocycles. The van der Waals surface area contributed by atoms with Gasteiger partial charge in [0.25, 0.3) is 0 Å². The van der Waals surface area contributed by atoms with Gasteiger partial charge in [0.1, 0.15) is 0 Å². The Labute approximate surface area is 125 Å². The molecule has 5 heteroatoms. The fourth-order valence-electron chi connectivity index (χ4n) is 1.92. The van der Waals surface area contributed by atoms with E-state index in [1.54, 1.807) is 0 Å². The molecule has 0 aromatic heterocycles. The Bertz CT molecular complexity index is 594. The highest BCUT2D eigenvalue weighted by Gasteiger charge is 2.51. The molecule has 0 saturated carbocycles. The SMILES string of the molecule is COC(=O)C#Cc1cccc(B2OC(C)(C)C(C)(C)O2)c1. The molecule has 0 amide bonds. The summed E-state index contributed by atoms with van der Waals surface area (Å²) < 4.78 is 16.5. The van der Waals surface area contributed by atoms with Crippen LogP contribution in [0.5, 0.6) is 0 Å². The van der Waals surface area contributed by atoms with Gasteiger partial charge in [-0.3, -0.25) is 0 Å². The van der Waals surface area contributed by atoms with Gasteiger partial charge >= 0.3 is 13.1 Å². The van der Waals surface area contributed by atoms with Crippen molar-refractivity contribution in [2.75, 3.05) is 7.11 Å². The van der Waals surface area contributed by atoms with Gasteiger partial charge in [-0.1, -0.05) is 18.1 Å². The van der Waals surface area contributed by atoms with Crippen LogP contribution in [-0.4, -0.2) is 31.4 Å². The van der Waals surface area contributed by atoms with Crippen LogP contribution in [0.3, 0.4) is 0 Å². The van der Waals surface area contributed by atoms with Crippen LogP contribution in [0.25, 0.3) is 0 Å². The molecule has 0 N–H and O–H groups in total. The van der Waals surface area contributed by atoms with Crippen molar-refractivity contribution >= 4 is 18.6 Å². The monoisotopic (exact) mass is 286 g/mol. The Hall–Kier alpha value is -1.77. The number of esters is 1. The zero-order chi connectivity index (χ0) is 15.7. The average Bonchev–Trinajstić information content (AvgIpc) is 2.65. The van der Waals surface area contributed by atoms with E-state index in [-0.39, 0.29) is 11.2 Å². The van der Waals surface area contributed by atoms with Crippen molar-refractivity contribution in [3.05, 3.63) is 29.8 Å². The molecule has 1 aliphatic heterocycles. The second-order valence-corrected chi connectivity index (χ2v) is 5.96. The molecule has 0 radical (unpaired) electrons. The number of benzene rings is 1. The lowest BCUT2D eigenvalue weighted by molar-refractivity contribution is -0.133. The molecular weight excluding hydrogens is 267 g/mol. The third-order valence-corrected chi connectivity index (χ3v) is 3.91. The Morgan fingerprint density at radius 1 is 1.19 bits per heavy atom. The molecule has 1 aromatic carbocycles. The van der Waals surface area contributed by atoms with Gasteiger partial charge in [-0.2, -0.15) is 0 Å². The summed E-state index contributed by atoms with van der Waals surface area (Å²) >= 11 is 0. The van der Waals surface area contributed by atoms with Crippen molar-refractivity contribution in [3.63, 3.8) is 0 Å². The second kappa shape index (κ2) is 5.55. The van der Waals surface area contributed by atoms with Crippen molar-refractivity contribution in [1.29, 1.82) is 0 Å². The highest BCUT2D eigenvalue weighted by Crippen LogP contribution is 2.36. The minimum Gasteiger partial charge on any atom is -0.459 e. The van der Waals surface area contributed by atoms with Crippen LogP contribution in [0.15, 0.2) is 24.3 Å². The van der Waals surface area contributed by atoms with Gasteiger partial charge in [0.2, 0.25) is 0 Å². The lowest BCUT2D eigenvalue weighted by atomic mass is 9.78. The van der Waals surface area contributed by atoms with Gasteiger partial charge in [-0.05, 0) is 45.3 Å². The molecule has 1 aliphatic rings. The molecule has 4 nitrogen and oxygen atoms in total. The van der Waals surface area contributed by atoms with Crippen LogP contribution in [0.1, 0.15) is 33.3 Å². The van der Waals surface area contributed by atoms with Crippen LogP contribution in [-0.2, 0) is 18.8 Å². The third kappa shape index (κ3) is 3.29. The Kier molecular flexibility index (Phi) is 4.13. The van der Waals surface area contributed by atoms with Crippen molar-refractivity contribution in [2.24, 2.45) is 0 Å². The molecule has 21 heavy (non-hydrogen) atoms. The van der Waals surface area contributed by atoms with E-state index in [4.69, 9.17) is 9.31 Å². The van der Waals surface area contributed by atoms with Gasteiger partial charge in [0, 0.05) is 11.5 Å². The summed E-state index contributed by atoms with van der Waals surface area (Å²) in [6.45, 7) is 8.03. The van der Waals surface area contributed by atoms with E-state index in [1.807, 2.05) is 52.0 Å². The lowest BCUT2D eigenvalue weighted by Crippen LogP contribution is -2.41. The molecule has 1 aromatic rings. The summed E-state index contributed by atoms with van der Waals surface area (Å²) in [4.78, 5) is 11.1. The number of ether oxygens (including phenoxy) is 1. The van der Waals surface area contributed by atoms with Gasteiger partial charge in [-0.15, -0.1) is 0 Å². The van der Waals surface area contributed by atoms with E-state index in [0.29, 0.717) is 5.56 Å². The molecule has 0 bridgehead atoms. The van der Waals surface area contributed by atoms with E-state index < -0.39 is 13.1 Å². The van der Waals surface area contributed by atoms with Crippen molar-refractivity contribution in [1.82, 2.24) is 0 Å². The largest absolute Gasteiger partial charge is 0.494 e. The number of methoxy groups -OCH3 is 1. The summed E-state index contributed by atoms with van der Waals surface area (Å²) in [5, 5.41) is 0. The summed E-state index contributed by atoms with van der Waals surface area (Å²) in [6.07, 6.45) is 0. The minimum absolute atomic E-state index is 0.384. The normalized spacial score (nSPS) is 18.8. The summed E-state index contributed by atoms with van der Waals surface area (Å²) in [5.74, 6) is 4.61. The average molecular weight is 286 g/mol. The molecule has 0 unspecified atom stereocenters. The summed E-state index contributed by atoms with van der Waals surface area (Å²) in [6, 6.07) is 7.47. The van der Waals surface area contributed by atoms with Crippen LogP contribution < -0.4 is 5.46 Å². The van der Waals surface area contributed by atoms with E-state index in [2.05, 4.69) is 16.6 Å². The molecule has 1 fully saturated rings. The first-order chi connectivity index (χ1) is 9.75. The predicted octanol–water partition coefficient (Wildman–Crippen LogP) is 1.51. The Morgan fingerprint density at radius 3 is 2.38 bits per heavy atom. The third-order valence-electron chi connectivity index (χ3n) is 3.91. The van der Waals surface area contributed by atoms with Gasteiger partial charge in [-0.25, -0.2) is 4.79 Å². The first-order valence-electron chi connectivity index (χ1n) is 6.81. The van der Waals surface area contributed by atoms with Crippen molar-refractivity contribution < 1.29 is 18.8 Å². The van der Waals surface area contributed by atoms with Crippen LogP contribution in [0.2, 0.25) is 0 Å². The van der Waals surface area contributed by atoms with Crippen molar-refractivity contribution in [2.45, 2.75) is 38.9 Å². The van der Waals surface area contributed by atoms with Gasteiger partial charge in [0.05, 0.1) is 18.3 Å². The number of hydrogen-bond donors (Lipinski definition) is 0. The number of carbonyl (C=O) groups is 1. The minimum atomic E-state index is -0.559. The molecular formula is C16H19BO4. The zero-order valence-electron chi connectivity index (χ0n) is 13.0. The molecule has 110 valence electrons. The second-order valence-electron chi connectivity index (χ2n) is 5.96. The maximum atomic E-state index is 11.1. The zero-order valence-corrected chi connectivity index (χ0v) is 13.0. The molecule has 0 spiro atoms. The number of hydrogen-bond acceptors (Lipinski definition) is 4. The smallest absolute Gasteiger partial charge is 0.459 e. The maximum absolute atomic E-state index is 11.1. The fourth-order valence-corrected chi connectivity index (χ4v) is 1.92. The van der Waals surface area contributed by atoms with E-state index in [0.717, 1.165) is 5.46 Å². The lowest BCUT2D eigenvalue weighted by Gasteiger charge is -2.32. The van der Waals surface area contributed by atoms with Crippen LogP contribution in [0.4, 0.5) is 0 Å². The van der Waals surface area contributed by atoms with E-state index in [9.17, 15) is 4.79 Å². The topological polar surface area (TPSA) is 44.8 Å². The highest BCUT2D eigenvalue weighted by molar-refractivity contribution is 6.62. The highest BCUT2D eigenvalue weighted by atomic mass is 16.7. The Morgan fingerprint density at radius 2 is 1.81 bits per heavy atom. The van der Waals surface area contributed by atoms with E-state index in [1.165, 1.54) is 7.11 Å². The van der Waals surface area contributed by atoms with E-state index >= 15 is 0 Å². The summed E-state index contributed by atoms with van der Waals surface area (Å²) in [5.41, 5.74) is 0.828. The number of rotatable bonds is 1.